The molecule has 0 aliphatic heterocycles. The number of amides is 1. The van der Waals surface area contributed by atoms with Gasteiger partial charge in [-0.2, -0.15) is 0 Å². The molecule has 19 heavy (non-hydrogen) atoms. The summed E-state index contributed by atoms with van der Waals surface area (Å²) in [7, 11) is 0. The Hall–Kier alpha value is -1.86. The monoisotopic (exact) mass is 343 g/mol. The maximum Gasteiger partial charge on any atom is 0.321 e. The second-order valence-corrected chi connectivity index (χ2v) is 4.88. The molecule has 0 aliphatic carbocycles. The second kappa shape index (κ2) is 5.41. The highest BCUT2D eigenvalue weighted by atomic mass is 79.9. The molecular formula is C11H7BrClN3O3. The van der Waals surface area contributed by atoms with Crippen LogP contribution < -0.4 is 5.32 Å². The van der Waals surface area contributed by atoms with E-state index in [1.165, 1.54) is 12.1 Å². The lowest BCUT2D eigenvalue weighted by Gasteiger charge is -2.05. The van der Waals surface area contributed by atoms with Crippen LogP contribution in [0.3, 0.4) is 0 Å². The van der Waals surface area contributed by atoms with Gasteiger partial charge in [-0.3, -0.25) is 4.79 Å². The summed E-state index contributed by atoms with van der Waals surface area (Å²) in [5.74, 6) is -0.712. The fourth-order valence-corrected chi connectivity index (χ4v) is 2.18. The molecule has 6 nitrogen and oxygen atoms in total. The molecule has 0 atom stereocenters. The van der Waals surface area contributed by atoms with Gasteiger partial charge < -0.3 is 15.4 Å². The lowest BCUT2D eigenvalue weighted by Crippen LogP contribution is -2.12. The Morgan fingerprint density at radius 1 is 1.37 bits per heavy atom. The van der Waals surface area contributed by atoms with Gasteiger partial charge in [0, 0.05) is 15.6 Å². The van der Waals surface area contributed by atoms with Crippen LogP contribution in [0.1, 0.15) is 10.5 Å². The number of nitro groups is 1. The van der Waals surface area contributed by atoms with Gasteiger partial charge in [-0.15, -0.1) is 0 Å². The van der Waals surface area contributed by atoms with Gasteiger partial charge in [0.15, 0.2) is 5.69 Å². The summed E-state index contributed by atoms with van der Waals surface area (Å²) < 4.78 is 0.620. The van der Waals surface area contributed by atoms with Gasteiger partial charge in [0.05, 0.1) is 5.69 Å². The molecule has 0 unspecified atom stereocenters. The molecule has 0 saturated heterocycles. The van der Waals surface area contributed by atoms with E-state index >= 15 is 0 Å². The Morgan fingerprint density at radius 3 is 2.68 bits per heavy atom. The minimum absolute atomic E-state index is 0.105. The van der Waals surface area contributed by atoms with Crippen molar-refractivity contribution in [1.29, 1.82) is 0 Å². The fourth-order valence-electron chi connectivity index (χ4n) is 1.40. The lowest BCUT2D eigenvalue weighted by molar-refractivity contribution is -0.389. The molecule has 0 fully saturated rings. The van der Waals surface area contributed by atoms with Crippen LogP contribution in [0, 0.1) is 10.1 Å². The highest BCUT2D eigenvalue weighted by Crippen LogP contribution is 2.26. The van der Waals surface area contributed by atoms with Gasteiger partial charge >= 0.3 is 5.82 Å². The Labute approximate surface area is 121 Å². The van der Waals surface area contributed by atoms with Crippen molar-refractivity contribution >= 4 is 44.9 Å². The average Bonchev–Trinajstić information content (AvgIpc) is 2.82. The molecule has 98 valence electrons. The van der Waals surface area contributed by atoms with Crippen LogP contribution in [0.15, 0.2) is 34.8 Å². The summed E-state index contributed by atoms with van der Waals surface area (Å²) in [6.45, 7) is 0. The maximum absolute atomic E-state index is 11.9. The van der Waals surface area contributed by atoms with Crippen molar-refractivity contribution in [2.75, 3.05) is 5.32 Å². The fraction of sp³-hybridized carbons (Fsp3) is 0. The van der Waals surface area contributed by atoms with Crippen LogP contribution >= 0.6 is 27.5 Å². The molecule has 0 bridgehead atoms. The van der Waals surface area contributed by atoms with E-state index in [1.54, 1.807) is 18.2 Å². The predicted octanol–water partition coefficient (Wildman–Crippen LogP) is 3.59. The predicted molar refractivity (Wildman–Crippen MR) is 74.6 cm³/mol. The van der Waals surface area contributed by atoms with Gasteiger partial charge in [-0.25, -0.2) is 4.98 Å². The summed E-state index contributed by atoms with van der Waals surface area (Å²) in [4.78, 5) is 24.2. The van der Waals surface area contributed by atoms with Crippen molar-refractivity contribution in [3.63, 3.8) is 0 Å². The van der Waals surface area contributed by atoms with E-state index in [0.29, 0.717) is 15.2 Å². The standard InChI is InChI=1S/C11H7BrClN3O3/c12-7-5-6(13)1-2-8(7)15-11(17)9-3-4-10(14-9)16(18)19/h1-5,14H,(H,15,17). The highest BCUT2D eigenvalue weighted by molar-refractivity contribution is 9.10. The summed E-state index contributed by atoms with van der Waals surface area (Å²) >= 11 is 9.04. The van der Waals surface area contributed by atoms with E-state index < -0.39 is 10.8 Å². The first-order valence-electron chi connectivity index (χ1n) is 5.07. The van der Waals surface area contributed by atoms with Crippen molar-refractivity contribution < 1.29 is 9.72 Å². The summed E-state index contributed by atoms with van der Waals surface area (Å²) in [5.41, 5.74) is 0.625. The number of aromatic nitrogens is 1. The first-order valence-corrected chi connectivity index (χ1v) is 6.24. The van der Waals surface area contributed by atoms with Crippen molar-refractivity contribution in [1.82, 2.24) is 4.98 Å². The molecular weight excluding hydrogens is 337 g/mol. The van der Waals surface area contributed by atoms with Crippen molar-refractivity contribution in [2.24, 2.45) is 0 Å². The van der Waals surface area contributed by atoms with Crippen LogP contribution in [-0.2, 0) is 0 Å². The third kappa shape index (κ3) is 3.12. The number of carbonyl (C=O) groups is 1. The van der Waals surface area contributed by atoms with Crippen LogP contribution in [0.4, 0.5) is 11.5 Å². The summed E-state index contributed by atoms with van der Waals surface area (Å²) in [6, 6.07) is 7.46. The molecule has 1 heterocycles. The first kappa shape index (κ1) is 13.6. The summed E-state index contributed by atoms with van der Waals surface area (Å²) in [5, 5.41) is 13.6. The highest BCUT2D eigenvalue weighted by Gasteiger charge is 2.16. The van der Waals surface area contributed by atoms with Gasteiger partial charge in [-0.1, -0.05) is 11.6 Å². The molecule has 0 aliphatic rings. The molecule has 1 aromatic carbocycles. The number of halogens is 2. The molecule has 8 heteroatoms. The molecule has 0 radical (unpaired) electrons. The number of nitrogens with one attached hydrogen (secondary N) is 2. The number of benzene rings is 1. The Bertz CT molecular complexity index is 656. The van der Waals surface area contributed by atoms with Crippen molar-refractivity contribution in [2.45, 2.75) is 0 Å². The van der Waals surface area contributed by atoms with E-state index in [9.17, 15) is 14.9 Å². The van der Waals surface area contributed by atoms with Gasteiger partial charge in [0.1, 0.15) is 0 Å². The minimum Gasteiger partial charge on any atom is -0.358 e. The van der Waals surface area contributed by atoms with Gasteiger partial charge in [-0.05, 0) is 45.1 Å². The third-order valence-electron chi connectivity index (χ3n) is 2.29. The smallest absolute Gasteiger partial charge is 0.321 e. The number of anilines is 1. The number of hydrogen-bond acceptors (Lipinski definition) is 3. The quantitative estimate of drug-likeness (QED) is 0.659. The topological polar surface area (TPSA) is 88.0 Å². The number of rotatable bonds is 3. The molecule has 1 amide bonds. The second-order valence-electron chi connectivity index (χ2n) is 3.59. The zero-order valence-corrected chi connectivity index (χ0v) is 11.7. The van der Waals surface area contributed by atoms with E-state index in [1.807, 2.05) is 0 Å². The Kier molecular flexibility index (Phi) is 3.87. The molecule has 2 aromatic rings. The van der Waals surface area contributed by atoms with E-state index in [2.05, 4.69) is 26.2 Å². The van der Waals surface area contributed by atoms with Crippen molar-refractivity contribution in [3.8, 4) is 0 Å². The van der Waals surface area contributed by atoms with Gasteiger partial charge in [0.25, 0.3) is 5.91 Å². The normalized spacial score (nSPS) is 10.2. The minimum atomic E-state index is -0.602. The summed E-state index contributed by atoms with van der Waals surface area (Å²) in [6.07, 6.45) is 0. The van der Waals surface area contributed by atoms with Crippen LogP contribution in [0.2, 0.25) is 5.02 Å². The number of aromatic amines is 1. The zero-order valence-electron chi connectivity index (χ0n) is 9.31. The number of nitrogens with zero attached hydrogens (tertiary/aromatic N) is 1. The van der Waals surface area contributed by atoms with Crippen LogP contribution in [0.25, 0.3) is 0 Å². The number of hydrogen-bond donors (Lipinski definition) is 2. The third-order valence-corrected chi connectivity index (χ3v) is 3.18. The van der Waals surface area contributed by atoms with Crippen molar-refractivity contribution in [3.05, 3.63) is 55.6 Å². The van der Waals surface area contributed by atoms with Crippen LogP contribution in [-0.4, -0.2) is 15.8 Å². The largest absolute Gasteiger partial charge is 0.358 e. The molecule has 0 spiro atoms. The molecule has 1 aromatic heterocycles. The van der Waals surface area contributed by atoms with E-state index in [4.69, 9.17) is 11.6 Å². The SMILES string of the molecule is O=C(Nc1ccc(Cl)cc1Br)c1ccc([N+](=O)[O-])[nH]1. The first-order chi connectivity index (χ1) is 8.97. The maximum atomic E-state index is 11.9. The molecule has 2 rings (SSSR count). The van der Waals surface area contributed by atoms with Gasteiger partial charge in [0.2, 0.25) is 0 Å². The lowest BCUT2D eigenvalue weighted by atomic mass is 10.3. The average molecular weight is 345 g/mol. The Morgan fingerprint density at radius 2 is 2.11 bits per heavy atom. The number of carbonyl (C=O) groups excluding carboxylic acids is 1. The molecule has 2 N–H and O–H groups in total. The number of H-pyrrole nitrogens is 1. The zero-order chi connectivity index (χ0) is 14.0. The Balaban J connectivity index is 2.18. The van der Waals surface area contributed by atoms with E-state index in [-0.39, 0.29) is 11.5 Å². The molecule has 0 saturated carbocycles. The van der Waals surface area contributed by atoms with Crippen LogP contribution in [0.5, 0.6) is 0 Å². The van der Waals surface area contributed by atoms with E-state index in [0.717, 1.165) is 0 Å².